The van der Waals surface area contributed by atoms with Crippen molar-refractivity contribution < 1.29 is 4.79 Å². The van der Waals surface area contributed by atoms with Crippen LogP contribution in [-0.4, -0.2) is 28.9 Å². The van der Waals surface area contributed by atoms with Crippen LogP contribution in [0.5, 0.6) is 0 Å². The zero-order valence-electron chi connectivity index (χ0n) is 13.2. The molecule has 1 aromatic carbocycles. The molecule has 0 aliphatic carbocycles. The van der Waals surface area contributed by atoms with Gasteiger partial charge in [-0.05, 0) is 36.5 Å². The van der Waals surface area contributed by atoms with E-state index in [2.05, 4.69) is 37.2 Å². The minimum absolute atomic E-state index is 0.0138. The number of nitrogens with one attached hydrogen (secondary N) is 1. The van der Waals surface area contributed by atoms with Crippen LogP contribution in [0.25, 0.3) is 10.9 Å². The molecule has 22 heavy (non-hydrogen) atoms. The minimum Gasteiger partial charge on any atom is -0.361 e. The van der Waals surface area contributed by atoms with E-state index in [-0.39, 0.29) is 5.91 Å². The molecule has 2 aromatic rings. The second-order valence-corrected chi connectivity index (χ2v) is 5.50. The maximum atomic E-state index is 12.1. The van der Waals surface area contributed by atoms with Gasteiger partial charge in [-0.1, -0.05) is 37.8 Å². The number of aromatic amines is 1. The second kappa shape index (κ2) is 7.64. The zero-order chi connectivity index (χ0) is 15.9. The Balaban J connectivity index is 2.08. The number of benzene rings is 1. The molecule has 1 aromatic heterocycles. The molecular formula is C19H24N2O. The Morgan fingerprint density at radius 3 is 2.82 bits per heavy atom. The van der Waals surface area contributed by atoms with Gasteiger partial charge in [0.1, 0.15) is 0 Å². The summed E-state index contributed by atoms with van der Waals surface area (Å²) in [6.45, 7) is 11.0. The van der Waals surface area contributed by atoms with Crippen LogP contribution >= 0.6 is 0 Å². The Morgan fingerprint density at radius 1 is 1.36 bits per heavy atom. The molecule has 0 fully saturated rings. The smallest absolute Gasteiger partial charge is 0.245 e. The van der Waals surface area contributed by atoms with Gasteiger partial charge >= 0.3 is 0 Å². The molecule has 3 heteroatoms. The van der Waals surface area contributed by atoms with E-state index in [9.17, 15) is 4.79 Å². The van der Waals surface area contributed by atoms with Crippen molar-refractivity contribution in [3.63, 3.8) is 0 Å². The molecular weight excluding hydrogens is 272 g/mol. The molecule has 0 saturated carbocycles. The highest BCUT2D eigenvalue weighted by molar-refractivity contribution is 5.87. The van der Waals surface area contributed by atoms with Crippen LogP contribution in [0, 0.1) is 5.92 Å². The summed E-state index contributed by atoms with van der Waals surface area (Å²) in [6, 6.07) is 8.24. The van der Waals surface area contributed by atoms with Gasteiger partial charge in [0.2, 0.25) is 5.91 Å². The van der Waals surface area contributed by atoms with Gasteiger partial charge in [0.25, 0.3) is 0 Å². The largest absolute Gasteiger partial charge is 0.361 e. The number of hydrogen-bond acceptors (Lipinski definition) is 1. The number of carbonyl (C=O) groups excluding carboxylic acids is 1. The molecule has 0 spiro atoms. The van der Waals surface area contributed by atoms with Crippen molar-refractivity contribution >= 4 is 16.8 Å². The van der Waals surface area contributed by atoms with Crippen LogP contribution in [0.1, 0.15) is 18.9 Å². The van der Waals surface area contributed by atoms with Gasteiger partial charge in [-0.3, -0.25) is 4.79 Å². The molecule has 1 N–H and O–H groups in total. The number of rotatable bonds is 8. The number of H-pyrrole nitrogens is 1. The zero-order valence-corrected chi connectivity index (χ0v) is 13.2. The molecule has 0 radical (unpaired) electrons. The summed E-state index contributed by atoms with van der Waals surface area (Å²) in [4.78, 5) is 17.2. The SMILES string of the molecule is C=CC(=O)N(CCc1c[nH]c2ccccc12)CC(C=C)CC. The average molecular weight is 296 g/mol. The lowest BCUT2D eigenvalue weighted by atomic mass is 10.1. The van der Waals surface area contributed by atoms with Gasteiger partial charge in [0.05, 0.1) is 0 Å². The first-order valence-corrected chi connectivity index (χ1v) is 7.78. The quantitative estimate of drug-likeness (QED) is 0.581. The van der Waals surface area contributed by atoms with Crippen molar-refractivity contribution in [2.24, 2.45) is 5.92 Å². The lowest BCUT2D eigenvalue weighted by Crippen LogP contribution is -2.35. The van der Waals surface area contributed by atoms with Crippen molar-refractivity contribution in [1.82, 2.24) is 9.88 Å². The van der Waals surface area contributed by atoms with Gasteiger partial charge in [-0.2, -0.15) is 0 Å². The molecule has 0 bridgehead atoms. The number of aromatic nitrogens is 1. The number of hydrogen-bond donors (Lipinski definition) is 1. The maximum absolute atomic E-state index is 12.1. The van der Waals surface area contributed by atoms with E-state index in [0.29, 0.717) is 19.0 Å². The summed E-state index contributed by atoms with van der Waals surface area (Å²) in [5.74, 6) is 0.312. The number of amides is 1. The van der Waals surface area contributed by atoms with E-state index in [1.807, 2.05) is 29.3 Å². The Labute approximate surface area is 132 Å². The normalized spacial score (nSPS) is 12.0. The molecule has 116 valence electrons. The molecule has 3 nitrogen and oxygen atoms in total. The highest BCUT2D eigenvalue weighted by atomic mass is 16.2. The van der Waals surface area contributed by atoms with Crippen LogP contribution in [0.4, 0.5) is 0 Å². The molecule has 0 aliphatic rings. The third-order valence-corrected chi connectivity index (χ3v) is 4.12. The van der Waals surface area contributed by atoms with Gasteiger partial charge in [-0.25, -0.2) is 0 Å². The van der Waals surface area contributed by atoms with Crippen LogP contribution in [-0.2, 0) is 11.2 Å². The monoisotopic (exact) mass is 296 g/mol. The summed E-state index contributed by atoms with van der Waals surface area (Å²) in [7, 11) is 0. The molecule has 1 amide bonds. The molecule has 1 unspecified atom stereocenters. The summed E-state index contributed by atoms with van der Waals surface area (Å²) >= 11 is 0. The predicted molar refractivity (Wildman–Crippen MR) is 92.8 cm³/mol. The first kappa shape index (κ1) is 16.1. The highest BCUT2D eigenvalue weighted by Crippen LogP contribution is 2.18. The van der Waals surface area contributed by atoms with E-state index < -0.39 is 0 Å². The number of para-hydroxylation sites is 1. The summed E-state index contributed by atoms with van der Waals surface area (Å²) in [6.07, 6.45) is 7.17. The minimum atomic E-state index is -0.0138. The Kier molecular flexibility index (Phi) is 5.59. The fourth-order valence-corrected chi connectivity index (χ4v) is 2.67. The number of fused-ring (bicyclic) bond motifs is 1. The van der Waals surface area contributed by atoms with Crippen molar-refractivity contribution in [3.05, 3.63) is 61.3 Å². The maximum Gasteiger partial charge on any atom is 0.245 e. The first-order chi connectivity index (χ1) is 10.7. The average Bonchev–Trinajstić information content (AvgIpc) is 2.98. The van der Waals surface area contributed by atoms with Crippen LogP contribution < -0.4 is 0 Å². The second-order valence-electron chi connectivity index (χ2n) is 5.50. The van der Waals surface area contributed by atoms with Crippen molar-refractivity contribution in [3.8, 4) is 0 Å². The lowest BCUT2D eigenvalue weighted by Gasteiger charge is -2.24. The Hall–Kier alpha value is -2.29. The lowest BCUT2D eigenvalue weighted by molar-refractivity contribution is -0.126. The van der Waals surface area contributed by atoms with Crippen molar-refractivity contribution in [1.29, 1.82) is 0 Å². The fraction of sp³-hybridized carbons (Fsp3) is 0.316. The third-order valence-electron chi connectivity index (χ3n) is 4.12. The molecule has 1 heterocycles. The summed E-state index contributed by atoms with van der Waals surface area (Å²) in [5.41, 5.74) is 2.38. The van der Waals surface area contributed by atoms with E-state index >= 15 is 0 Å². The first-order valence-electron chi connectivity index (χ1n) is 7.78. The van der Waals surface area contributed by atoms with Crippen LogP contribution in [0.15, 0.2) is 55.8 Å². The van der Waals surface area contributed by atoms with E-state index in [1.165, 1.54) is 17.0 Å². The van der Waals surface area contributed by atoms with Crippen molar-refractivity contribution in [2.75, 3.05) is 13.1 Å². The van der Waals surface area contributed by atoms with Gasteiger partial charge in [-0.15, -0.1) is 6.58 Å². The predicted octanol–water partition coefficient (Wildman–Crippen LogP) is 3.94. The summed E-state index contributed by atoms with van der Waals surface area (Å²) < 4.78 is 0. The fourth-order valence-electron chi connectivity index (χ4n) is 2.67. The van der Waals surface area contributed by atoms with Gasteiger partial charge in [0, 0.05) is 30.2 Å². The van der Waals surface area contributed by atoms with E-state index in [1.54, 1.807) is 0 Å². The van der Waals surface area contributed by atoms with E-state index in [0.717, 1.165) is 18.4 Å². The molecule has 0 aliphatic heterocycles. The van der Waals surface area contributed by atoms with Gasteiger partial charge < -0.3 is 9.88 Å². The third kappa shape index (κ3) is 3.67. The summed E-state index contributed by atoms with van der Waals surface area (Å²) in [5, 5.41) is 1.23. The molecule has 1 atom stereocenters. The Bertz CT molecular complexity index is 656. The van der Waals surface area contributed by atoms with E-state index in [4.69, 9.17) is 0 Å². The molecule has 2 rings (SSSR count). The standard InChI is InChI=1S/C19H24N2O/c1-4-15(5-2)14-21(19(22)6-3)12-11-16-13-20-18-10-8-7-9-17(16)18/h4,6-10,13,15,20H,1,3,5,11-12,14H2,2H3. The topological polar surface area (TPSA) is 36.1 Å². The molecule has 0 saturated heterocycles. The van der Waals surface area contributed by atoms with Crippen LogP contribution in [0.2, 0.25) is 0 Å². The number of nitrogens with zero attached hydrogens (tertiary/aromatic N) is 1. The van der Waals surface area contributed by atoms with Crippen molar-refractivity contribution in [2.45, 2.75) is 19.8 Å². The van der Waals surface area contributed by atoms with Gasteiger partial charge in [0.15, 0.2) is 0 Å². The van der Waals surface area contributed by atoms with Crippen LogP contribution in [0.3, 0.4) is 0 Å². The highest BCUT2D eigenvalue weighted by Gasteiger charge is 2.15. The number of carbonyl (C=O) groups is 1. The Morgan fingerprint density at radius 2 is 2.14 bits per heavy atom.